The van der Waals surface area contributed by atoms with E-state index in [1.807, 2.05) is 0 Å². The molecule has 0 saturated heterocycles. The van der Waals surface area contributed by atoms with Crippen molar-refractivity contribution in [1.29, 1.82) is 0 Å². The van der Waals surface area contributed by atoms with Gasteiger partial charge in [-0.3, -0.25) is 9.52 Å². The maximum atomic E-state index is 11.2. The molecule has 0 aromatic rings. The Hall–Kier alpha value is -0.390. The van der Waals surface area contributed by atoms with E-state index in [4.69, 9.17) is 0 Å². The second-order valence-corrected chi connectivity index (χ2v) is 2.08. The van der Waals surface area contributed by atoms with E-state index in [-0.39, 0.29) is 0 Å². The zero-order valence-electron chi connectivity index (χ0n) is 4.45. The Morgan fingerprint density at radius 2 is 2.00 bits per heavy atom. The van der Waals surface area contributed by atoms with Gasteiger partial charge in [-0.25, -0.2) is 0 Å². The van der Waals surface area contributed by atoms with E-state index in [0.29, 0.717) is 0 Å². The van der Waals surface area contributed by atoms with E-state index in [0.717, 1.165) is 6.92 Å². The Morgan fingerprint density at radius 3 is 2.11 bits per heavy atom. The Bertz CT molecular complexity index is 112. The van der Waals surface area contributed by atoms with Crippen LogP contribution in [-0.4, -0.2) is 11.4 Å². The van der Waals surface area contributed by atoms with Gasteiger partial charge in [0, 0.05) is 6.92 Å². The number of rotatable bonds is 1. The summed E-state index contributed by atoms with van der Waals surface area (Å²) in [5.74, 6) is -0.711. The van der Waals surface area contributed by atoms with Gasteiger partial charge in [0.15, 0.2) is 0 Å². The van der Waals surface area contributed by atoms with Crippen LogP contribution < -0.4 is 4.72 Å². The lowest BCUT2D eigenvalue weighted by atomic mass is 10.8. The van der Waals surface area contributed by atoms with Crippen molar-refractivity contribution >= 4 is 17.9 Å². The second kappa shape index (κ2) is 2.95. The number of nitrogens with one attached hydrogen (secondary N) is 1. The minimum Gasteiger partial charge on any atom is -0.293 e. The molecule has 0 fully saturated rings. The quantitative estimate of drug-likeness (QED) is 0.584. The first-order valence-corrected chi connectivity index (χ1v) is 2.75. The molecule has 1 N–H and O–H groups in total. The van der Waals surface area contributed by atoms with Crippen molar-refractivity contribution in [3.8, 4) is 0 Å². The molecule has 54 valence electrons. The van der Waals surface area contributed by atoms with Crippen molar-refractivity contribution in [1.82, 2.24) is 4.72 Å². The van der Waals surface area contributed by atoms with E-state index in [9.17, 15) is 18.0 Å². The molecular weight excluding hydrogens is 155 g/mol. The molecule has 2 nitrogen and oxygen atoms in total. The van der Waals surface area contributed by atoms with E-state index in [2.05, 4.69) is 0 Å². The third-order valence-corrected chi connectivity index (χ3v) is 0.931. The van der Waals surface area contributed by atoms with Crippen LogP contribution in [0.25, 0.3) is 0 Å². The van der Waals surface area contributed by atoms with Crippen LogP contribution in [0.5, 0.6) is 0 Å². The molecule has 0 rings (SSSR count). The normalized spacial score (nSPS) is 11.1. The zero-order valence-corrected chi connectivity index (χ0v) is 5.27. The fourth-order valence-corrected chi connectivity index (χ4v) is 0.389. The highest BCUT2D eigenvalue weighted by molar-refractivity contribution is 7.98. The molecule has 0 aliphatic heterocycles. The molecule has 9 heavy (non-hydrogen) atoms. The molecule has 0 aromatic heterocycles. The van der Waals surface area contributed by atoms with Gasteiger partial charge in [0.05, 0.1) is 11.9 Å². The van der Waals surface area contributed by atoms with Crippen LogP contribution in [0.2, 0.25) is 0 Å². The first kappa shape index (κ1) is 8.61. The van der Waals surface area contributed by atoms with Gasteiger partial charge < -0.3 is 0 Å². The predicted octanol–water partition coefficient (Wildman–Crippen LogP) is 1.29. The molecule has 1 amide bonds. The summed E-state index contributed by atoms with van der Waals surface area (Å²) in [4.78, 5) is 9.86. The Labute approximate surface area is 53.9 Å². The number of amides is 1. The number of halogens is 3. The number of carbonyl (C=O) groups is 1. The maximum Gasteiger partial charge on any atom is 0.461 e. The van der Waals surface area contributed by atoms with Crippen LogP contribution in [-0.2, 0) is 4.79 Å². The lowest BCUT2D eigenvalue weighted by Gasteiger charge is -2.02. The fourth-order valence-electron chi connectivity index (χ4n) is 0.130. The molecule has 0 radical (unpaired) electrons. The monoisotopic (exact) mass is 159 g/mol. The van der Waals surface area contributed by atoms with Crippen LogP contribution >= 0.6 is 11.9 Å². The van der Waals surface area contributed by atoms with Crippen molar-refractivity contribution < 1.29 is 18.0 Å². The molecule has 0 unspecified atom stereocenters. The molecule has 0 aromatic carbocycles. The molecule has 0 aliphatic carbocycles. The summed E-state index contributed by atoms with van der Waals surface area (Å²) in [6.45, 7) is 1.01. The number of alkyl halides is 3. The van der Waals surface area contributed by atoms with Crippen LogP contribution in [0, 0.1) is 0 Å². The van der Waals surface area contributed by atoms with Crippen LogP contribution in [0.15, 0.2) is 0 Å². The Morgan fingerprint density at radius 1 is 1.56 bits per heavy atom. The molecule has 0 saturated carbocycles. The van der Waals surface area contributed by atoms with Crippen molar-refractivity contribution in [2.75, 3.05) is 0 Å². The van der Waals surface area contributed by atoms with Crippen LogP contribution in [0.4, 0.5) is 13.2 Å². The summed E-state index contributed by atoms with van der Waals surface area (Å²) in [5.41, 5.74) is -4.38. The summed E-state index contributed by atoms with van der Waals surface area (Å²) < 4.78 is 35.0. The minimum atomic E-state index is -4.38. The van der Waals surface area contributed by atoms with Crippen molar-refractivity contribution in [2.45, 2.75) is 12.4 Å². The van der Waals surface area contributed by atoms with Crippen molar-refractivity contribution in [2.24, 2.45) is 0 Å². The summed E-state index contributed by atoms with van der Waals surface area (Å²) in [6.07, 6.45) is 0. The van der Waals surface area contributed by atoms with E-state index in [1.54, 1.807) is 0 Å². The fraction of sp³-hybridized carbons (Fsp3) is 0.667. The minimum absolute atomic E-state index is 0.558. The third-order valence-electron chi connectivity index (χ3n) is 0.310. The summed E-state index contributed by atoms with van der Waals surface area (Å²) >= 11 is -0.558. The van der Waals surface area contributed by atoms with E-state index >= 15 is 0 Å². The molecule has 0 heterocycles. The SMILES string of the molecule is CC(=O)NSC(F)(F)F. The van der Waals surface area contributed by atoms with E-state index < -0.39 is 23.4 Å². The lowest BCUT2D eigenvalue weighted by Crippen LogP contribution is -2.17. The van der Waals surface area contributed by atoms with Crippen molar-refractivity contribution in [3.63, 3.8) is 0 Å². The molecular formula is C3H4F3NOS. The standard InChI is InChI=1S/C3H4F3NOS/c1-2(8)7-9-3(4,5)6/h1H3,(H,7,8). The van der Waals surface area contributed by atoms with Gasteiger partial charge >= 0.3 is 5.51 Å². The largest absolute Gasteiger partial charge is 0.461 e. The van der Waals surface area contributed by atoms with Crippen LogP contribution in [0.1, 0.15) is 6.92 Å². The highest BCUT2D eigenvalue weighted by Gasteiger charge is 2.29. The van der Waals surface area contributed by atoms with E-state index in [1.165, 1.54) is 4.72 Å². The highest BCUT2D eigenvalue weighted by Crippen LogP contribution is 2.26. The molecule has 6 heteroatoms. The smallest absolute Gasteiger partial charge is 0.293 e. The van der Waals surface area contributed by atoms with Gasteiger partial charge in [-0.05, 0) is 0 Å². The van der Waals surface area contributed by atoms with Gasteiger partial charge in [0.1, 0.15) is 0 Å². The molecule has 0 spiro atoms. The topological polar surface area (TPSA) is 29.1 Å². The number of hydrogen-bond acceptors (Lipinski definition) is 2. The van der Waals surface area contributed by atoms with Gasteiger partial charge in [0.25, 0.3) is 0 Å². The van der Waals surface area contributed by atoms with Gasteiger partial charge in [-0.1, -0.05) is 0 Å². The van der Waals surface area contributed by atoms with Gasteiger partial charge in [0.2, 0.25) is 5.91 Å². The third kappa shape index (κ3) is 7.61. The number of hydrogen-bond donors (Lipinski definition) is 1. The maximum absolute atomic E-state index is 11.2. The highest BCUT2D eigenvalue weighted by atomic mass is 32.2. The molecule has 0 atom stereocenters. The Kier molecular flexibility index (Phi) is 2.83. The van der Waals surface area contributed by atoms with Crippen molar-refractivity contribution in [3.05, 3.63) is 0 Å². The van der Waals surface area contributed by atoms with Gasteiger partial charge in [-0.2, -0.15) is 13.2 Å². The second-order valence-electron chi connectivity index (χ2n) is 1.21. The summed E-state index contributed by atoms with van der Waals surface area (Å²) in [7, 11) is 0. The Balaban J connectivity index is 3.39. The van der Waals surface area contributed by atoms with Gasteiger partial charge in [-0.15, -0.1) is 0 Å². The van der Waals surface area contributed by atoms with Crippen LogP contribution in [0.3, 0.4) is 0 Å². The first-order valence-electron chi connectivity index (χ1n) is 1.93. The first-order chi connectivity index (χ1) is 3.92. The number of carbonyl (C=O) groups excluding carboxylic acids is 1. The molecule has 0 aliphatic rings. The lowest BCUT2D eigenvalue weighted by molar-refractivity contribution is -0.117. The summed E-state index contributed by atoms with van der Waals surface area (Å²) in [6, 6.07) is 0. The predicted molar refractivity (Wildman–Crippen MR) is 27.5 cm³/mol. The summed E-state index contributed by atoms with van der Waals surface area (Å²) in [5, 5.41) is 0. The average Bonchev–Trinajstić information content (AvgIpc) is 1.59. The molecule has 0 bridgehead atoms. The average molecular weight is 159 g/mol. The zero-order chi connectivity index (χ0) is 7.49.